The Morgan fingerprint density at radius 1 is 1.38 bits per heavy atom. The largest absolute Gasteiger partial charge is 0.322 e. The third-order valence-corrected chi connectivity index (χ3v) is 1.82. The van der Waals surface area contributed by atoms with Crippen molar-refractivity contribution in [2.24, 2.45) is 5.73 Å². The number of rotatable bonds is 5. The molecule has 0 saturated carbocycles. The molecule has 8 heavy (non-hydrogen) atoms. The molecule has 2 N–H and O–H groups in total. The molecule has 0 radical (unpaired) electrons. The smallest absolute Gasteiger partial charge is 0.0392 e. The minimum Gasteiger partial charge on any atom is -0.322 e. The molecule has 0 rings (SSSR count). The maximum atomic E-state index is 5.27. The van der Waals surface area contributed by atoms with E-state index < -0.39 is 0 Å². The second-order valence-corrected chi connectivity index (χ2v) is 2.93. The van der Waals surface area contributed by atoms with Crippen LogP contribution in [0.25, 0.3) is 0 Å². The van der Waals surface area contributed by atoms with E-state index in [1.54, 1.807) is 0 Å². The lowest BCUT2D eigenvalue weighted by Crippen LogP contribution is -1.93. The number of hydrogen-bond donors (Lipinski definition) is 1. The Kier molecular flexibility index (Phi) is 7.59. The highest BCUT2D eigenvalue weighted by atomic mass is 32.2. The number of thioether (sulfide) groups is 1. The highest BCUT2D eigenvalue weighted by Gasteiger charge is 1.83. The molecule has 0 atom stereocenters. The first-order valence-electron chi connectivity index (χ1n) is 3.19. The predicted molar refractivity (Wildman–Crippen MR) is 41.0 cm³/mol. The maximum absolute atomic E-state index is 5.27. The molecule has 0 spiro atoms. The predicted octanol–water partition coefficient (Wildman–Crippen LogP) is 1.83. The molecule has 50 valence electrons. The summed E-state index contributed by atoms with van der Waals surface area (Å²) in [6, 6.07) is 0. The molecule has 0 heterocycles. The Balaban J connectivity index is 2.53. The van der Waals surface area contributed by atoms with Crippen LogP contribution in [-0.2, 0) is 0 Å². The fraction of sp³-hybridized carbons (Fsp3) is 1.00. The molecule has 0 aromatic rings. The molecule has 0 aliphatic rings. The van der Waals surface area contributed by atoms with E-state index in [2.05, 4.69) is 6.92 Å². The third-order valence-electron chi connectivity index (χ3n) is 1.01. The van der Waals surface area contributed by atoms with Crippen molar-refractivity contribution in [1.29, 1.82) is 0 Å². The Labute approximate surface area is 56.0 Å². The number of unbranched alkanes of at least 4 members (excludes halogenated alkanes) is 2. The summed E-state index contributed by atoms with van der Waals surface area (Å²) in [5, 5.41) is 0. The summed E-state index contributed by atoms with van der Waals surface area (Å²) in [4.78, 5) is 0. The Hall–Kier alpha value is 0.310. The van der Waals surface area contributed by atoms with E-state index in [-0.39, 0.29) is 0 Å². The first kappa shape index (κ1) is 8.31. The van der Waals surface area contributed by atoms with Gasteiger partial charge in [-0.3, -0.25) is 0 Å². The summed E-state index contributed by atoms with van der Waals surface area (Å²) in [5.74, 6) is 2.02. The molecule has 0 fully saturated rings. The van der Waals surface area contributed by atoms with Gasteiger partial charge in [-0.1, -0.05) is 19.8 Å². The van der Waals surface area contributed by atoms with Crippen LogP contribution in [0.15, 0.2) is 0 Å². The molecule has 0 unspecified atom stereocenters. The van der Waals surface area contributed by atoms with Crippen LogP contribution in [0, 0.1) is 0 Å². The molecule has 0 amide bonds. The van der Waals surface area contributed by atoms with E-state index in [0.717, 1.165) is 5.88 Å². The number of hydrogen-bond acceptors (Lipinski definition) is 2. The van der Waals surface area contributed by atoms with Crippen molar-refractivity contribution in [1.82, 2.24) is 0 Å². The van der Waals surface area contributed by atoms with Gasteiger partial charge in [0.25, 0.3) is 0 Å². The van der Waals surface area contributed by atoms with Crippen molar-refractivity contribution < 1.29 is 0 Å². The molecule has 0 aromatic carbocycles. The average Bonchev–Trinajstić information content (AvgIpc) is 1.81. The molecule has 0 aromatic heterocycles. The van der Waals surface area contributed by atoms with E-state index in [0.29, 0.717) is 0 Å². The molecule has 2 heteroatoms. The average molecular weight is 133 g/mol. The van der Waals surface area contributed by atoms with Gasteiger partial charge in [0.2, 0.25) is 0 Å². The second kappa shape index (κ2) is 7.31. The minimum absolute atomic E-state index is 0.781. The van der Waals surface area contributed by atoms with Crippen molar-refractivity contribution in [2.45, 2.75) is 26.2 Å². The van der Waals surface area contributed by atoms with Crippen LogP contribution in [0.3, 0.4) is 0 Å². The van der Waals surface area contributed by atoms with Gasteiger partial charge in [-0.2, -0.15) is 0 Å². The van der Waals surface area contributed by atoms with Crippen molar-refractivity contribution >= 4 is 11.8 Å². The summed E-state index contributed by atoms with van der Waals surface area (Å²) < 4.78 is 0. The SMILES string of the molecule is CCCCCSCN. The van der Waals surface area contributed by atoms with E-state index >= 15 is 0 Å². The molecular formula is C6H15NS. The van der Waals surface area contributed by atoms with Crippen LogP contribution in [0.4, 0.5) is 0 Å². The Morgan fingerprint density at radius 2 is 2.12 bits per heavy atom. The van der Waals surface area contributed by atoms with Crippen LogP contribution in [-0.4, -0.2) is 11.6 Å². The lowest BCUT2D eigenvalue weighted by molar-refractivity contribution is 0.778. The van der Waals surface area contributed by atoms with Crippen LogP contribution in [0.5, 0.6) is 0 Å². The lowest BCUT2D eigenvalue weighted by atomic mass is 10.3. The minimum atomic E-state index is 0.781. The van der Waals surface area contributed by atoms with Gasteiger partial charge in [-0.15, -0.1) is 11.8 Å². The zero-order chi connectivity index (χ0) is 6.24. The van der Waals surface area contributed by atoms with Crippen molar-refractivity contribution in [3.05, 3.63) is 0 Å². The summed E-state index contributed by atoms with van der Waals surface area (Å²) >= 11 is 1.83. The fourth-order valence-corrected chi connectivity index (χ4v) is 1.11. The zero-order valence-corrected chi connectivity index (χ0v) is 6.34. The first-order valence-corrected chi connectivity index (χ1v) is 4.35. The Bertz CT molecular complexity index is 33.5. The van der Waals surface area contributed by atoms with Crippen molar-refractivity contribution in [2.75, 3.05) is 11.6 Å². The topological polar surface area (TPSA) is 26.0 Å². The molecule has 0 saturated heterocycles. The third kappa shape index (κ3) is 6.31. The lowest BCUT2D eigenvalue weighted by Gasteiger charge is -1.94. The van der Waals surface area contributed by atoms with Gasteiger partial charge in [0.1, 0.15) is 0 Å². The van der Waals surface area contributed by atoms with Crippen LogP contribution >= 0.6 is 11.8 Å². The Morgan fingerprint density at radius 3 is 2.62 bits per heavy atom. The van der Waals surface area contributed by atoms with Gasteiger partial charge in [-0.25, -0.2) is 0 Å². The van der Waals surface area contributed by atoms with E-state index in [4.69, 9.17) is 5.73 Å². The molecular weight excluding hydrogens is 118 g/mol. The molecule has 0 bridgehead atoms. The van der Waals surface area contributed by atoms with Gasteiger partial charge in [0.05, 0.1) is 0 Å². The second-order valence-electron chi connectivity index (χ2n) is 1.78. The standard InChI is InChI=1S/C6H15NS/c1-2-3-4-5-8-6-7/h2-7H2,1H3. The molecule has 1 nitrogen and oxygen atoms in total. The van der Waals surface area contributed by atoms with Gasteiger partial charge < -0.3 is 5.73 Å². The zero-order valence-electron chi connectivity index (χ0n) is 5.52. The molecule has 0 aliphatic heterocycles. The quantitative estimate of drug-likeness (QED) is 0.457. The monoisotopic (exact) mass is 133 g/mol. The highest BCUT2D eigenvalue weighted by Crippen LogP contribution is 2.02. The van der Waals surface area contributed by atoms with E-state index in [1.807, 2.05) is 11.8 Å². The van der Waals surface area contributed by atoms with Gasteiger partial charge in [0.15, 0.2) is 0 Å². The van der Waals surface area contributed by atoms with Crippen LogP contribution in [0.1, 0.15) is 26.2 Å². The maximum Gasteiger partial charge on any atom is 0.0392 e. The summed E-state index contributed by atoms with van der Waals surface area (Å²) in [7, 11) is 0. The normalized spacial score (nSPS) is 9.75. The summed E-state index contributed by atoms with van der Waals surface area (Å²) in [6.07, 6.45) is 4.00. The van der Waals surface area contributed by atoms with Gasteiger partial charge in [-0.05, 0) is 12.2 Å². The molecule has 0 aliphatic carbocycles. The van der Waals surface area contributed by atoms with Crippen LogP contribution in [0.2, 0.25) is 0 Å². The fourth-order valence-electron chi connectivity index (χ4n) is 0.537. The van der Waals surface area contributed by atoms with Gasteiger partial charge in [0, 0.05) is 5.88 Å². The van der Waals surface area contributed by atoms with Gasteiger partial charge >= 0.3 is 0 Å². The summed E-state index contributed by atoms with van der Waals surface area (Å²) in [6.45, 7) is 2.22. The highest BCUT2D eigenvalue weighted by molar-refractivity contribution is 7.99. The van der Waals surface area contributed by atoms with Crippen LogP contribution < -0.4 is 5.73 Å². The van der Waals surface area contributed by atoms with E-state index in [1.165, 1.54) is 25.0 Å². The summed E-state index contributed by atoms with van der Waals surface area (Å²) in [5.41, 5.74) is 5.27. The van der Waals surface area contributed by atoms with Crippen molar-refractivity contribution in [3.63, 3.8) is 0 Å². The van der Waals surface area contributed by atoms with E-state index in [9.17, 15) is 0 Å². The number of nitrogens with two attached hydrogens (primary N) is 1. The first-order chi connectivity index (χ1) is 3.91. The van der Waals surface area contributed by atoms with Crippen molar-refractivity contribution in [3.8, 4) is 0 Å².